The molecule has 1 rings (SSSR count). The summed E-state index contributed by atoms with van der Waals surface area (Å²) in [5.41, 5.74) is 6.90. The van der Waals surface area contributed by atoms with Gasteiger partial charge in [-0.1, -0.05) is 12.1 Å². The maximum Gasteiger partial charge on any atom is 0.119 e. The van der Waals surface area contributed by atoms with Crippen molar-refractivity contribution in [3.05, 3.63) is 29.8 Å². The highest BCUT2D eigenvalue weighted by atomic mass is 35.5. The predicted molar refractivity (Wildman–Crippen MR) is 57.6 cm³/mol. The first-order valence-electron chi connectivity index (χ1n) is 4.11. The lowest BCUT2D eigenvalue weighted by Gasteiger charge is -2.06. The van der Waals surface area contributed by atoms with Crippen molar-refractivity contribution in [2.45, 2.75) is 19.4 Å². The molecule has 3 heteroatoms. The Hall–Kier alpha value is -0.730. The molecule has 0 bridgehead atoms. The van der Waals surface area contributed by atoms with Crippen LogP contribution in [0.15, 0.2) is 24.3 Å². The van der Waals surface area contributed by atoms with Crippen LogP contribution in [-0.4, -0.2) is 13.2 Å². The Kier molecular flexibility index (Phi) is 5.51. The summed E-state index contributed by atoms with van der Waals surface area (Å²) in [7, 11) is 1.67. The van der Waals surface area contributed by atoms with Crippen molar-refractivity contribution in [1.29, 1.82) is 0 Å². The Morgan fingerprint density at radius 2 is 2.15 bits per heavy atom. The third-order valence-corrected chi connectivity index (χ3v) is 1.69. The van der Waals surface area contributed by atoms with Gasteiger partial charge in [0, 0.05) is 6.04 Å². The molecular weight excluding hydrogens is 186 g/mol. The van der Waals surface area contributed by atoms with E-state index in [9.17, 15) is 0 Å². The van der Waals surface area contributed by atoms with Gasteiger partial charge in [0.15, 0.2) is 0 Å². The van der Waals surface area contributed by atoms with Crippen molar-refractivity contribution >= 4 is 12.4 Å². The van der Waals surface area contributed by atoms with Crippen molar-refractivity contribution in [2.75, 3.05) is 7.11 Å². The maximum absolute atomic E-state index is 5.68. The number of benzene rings is 1. The van der Waals surface area contributed by atoms with E-state index in [0.717, 1.165) is 12.2 Å². The van der Waals surface area contributed by atoms with Gasteiger partial charge in [-0.25, -0.2) is 0 Å². The summed E-state index contributed by atoms with van der Waals surface area (Å²) in [4.78, 5) is 0. The number of nitrogens with two attached hydrogens (primary N) is 1. The average molecular weight is 202 g/mol. The first-order chi connectivity index (χ1) is 5.72. The molecule has 0 unspecified atom stereocenters. The summed E-state index contributed by atoms with van der Waals surface area (Å²) in [6, 6.07) is 8.20. The zero-order valence-corrected chi connectivity index (χ0v) is 8.80. The molecule has 2 N–H and O–H groups in total. The quantitative estimate of drug-likeness (QED) is 0.812. The van der Waals surface area contributed by atoms with E-state index in [0.29, 0.717) is 0 Å². The Morgan fingerprint density at radius 3 is 2.69 bits per heavy atom. The second-order valence-corrected chi connectivity index (χ2v) is 3.03. The van der Waals surface area contributed by atoms with Gasteiger partial charge in [-0.2, -0.15) is 0 Å². The van der Waals surface area contributed by atoms with Crippen LogP contribution in [0.4, 0.5) is 0 Å². The van der Waals surface area contributed by atoms with Crippen LogP contribution in [0.3, 0.4) is 0 Å². The lowest BCUT2D eigenvalue weighted by molar-refractivity contribution is 0.414. The van der Waals surface area contributed by atoms with E-state index in [-0.39, 0.29) is 18.4 Å². The number of hydrogen-bond acceptors (Lipinski definition) is 2. The lowest BCUT2D eigenvalue weighted by Crippen LogP contribution is -2.17. The number of halogens is 1. The van der Waals surface area contributed by atoms with Crippen LogP contribution in [0.25, 0.3) is 0 Å². The molecule has 0 amide bonds. The van der Waals surface area contributed by atoms with E-state index < -0.39 is 0 Å². The molecule has 74 valence electrons. The fraction of sp³-hybridized carbons (Fsp3) is 0.400. The van der Waals surface area contributed by atoms with Gasteiger partial charge in [-0.15, -0.1) is 12.4 Å². The predicted octanol–water partition coefficient (Wildman–Crippen LogP) is 2.01. The minimum absolute atomic E-state index is 0. The van der Waals surface area contributed by atoms with Crippen LogP contribution in [0.5, 0.6) is 5.75 Å². The molecule has 1 aromatic carbocycles. The van der Waals surface area contributed by atoms with Gasteiger partial charge in [0.25, 0.3) is 0 Å². The summed E-state index contributed by atoms with van der Waals surface area (Å²) in [5, 5.41) is 0. The number of methoxy groups -OCH3 is 1. The topological polar surface area (TPSA) is 35.2 Å². The molecule has 0 aliphatic rings. The zero-order chi connectivity index (χ0) is 8.97. The van der Waals surface area contributed by atoms with Crippen molar-refractivity contribution in [3.63, 3.8) is 0 Å². The third-order valence-electron chi connectivity index (χ3n) is 1.69. The summed E-state index contributed by atoms with van der Waals surface area (Å²) in [6.45, 7) is 2.00. The van der Waals surface area contributed by atoms with Gasteiger partial charge in [-0.05, 0) is 31.0 Å². The number of rotatable bonds is 3. The van der Waals surface area contributed by atoms with Crippen LogP contribution < -0.4 is 10.5 Å². The fourth-order valence-electron chi connectivity index (χ4n) is 1.17. The van der Waals surface area contributed by atoms with Crippen LogP contribution in [0.2, 0.25) is 0 Å². The average Bonchev–Trinajstić information content (AvgIpc) is 2.03. The number of ether oxygens (including phenoxy) is 1. The second-order valence-electron chi connectivity index (χ2n) is 3.03. The molecule has 1 atom stereocenters. The minimum atomic E-state index is 0. The van der Waals surface area contributed by atoms with E-state index in [1.165, 1.54) is 5.56 Å². The van der Waals surface area contributed by atoms with E-state index in [1.54, 1.807) is 7.11 Å². The standard InChI is InChI=1S/C10H15NO.ClH/c1-8(11)6-9-4-3-5-10(7-9)12-2;/h3-5,7-8H,6,11H2,1-2H3;1H/t8-;/m1./s1. The molecular formula is C10H16ClNO. The fourth-order valence-corrected chi connectivity index (χ4v) is 1.17. The Morgan fingerprint density at radius 1 is 1.46 bits per heavy atom. The SMILES string of the molecule is COc1cccc(C[C@@H](C)N)c1.Cl. The van der Waals surface area contributed by atoms with Gasteiger partial charge >= 0.3 is 0 Å². The molecule has 0 fully saturated rings. The van der Waals surface area contributed by atoms with Gasteiger partial charge in [0.05, 0.1) is 7.11 Å². The minimum Gasteiger partial charge on any atom is -0.497 e. The number of hydrogen-bond donors (Lipinski definition) is 1. The first kappa shape index (κ1) is 12.3. The van der Waals surface area contributed by atoms with Gasteiger partial charge < -0.3 is 10.5 Å². The van der Waals surface area contributed by atoms with E-state index in [1.807, 2.05) is 25.1 Å². The Bertz CT molecular complexity index is 250. The van der Waals surface area contributed by atoms with Crippen molar-refractivity contribution in [2.24, 2.45) is 5.73 Å². The highest BCUT2D eigenvalue weighted by molar-refractivity contribution is 5.85. The summed E-state index contributed by atoms with van der Waals surface area (Å²) < 4.78 is 5.10. The summed E-state index contributed by atoms with van der Waals surface area (Å²) >= 11 is 0. The van der Waals surface area contributed by atoms with Crippen LogP contribution in [-0.2, 0) is 6.42 Å². The Labute approximate surface area is 85.5 Å². The smallest absolute Gasteiger partial charge is 0.119 e. The molecule has 0 aromatic heterocycles. The molecule has 0 aliphatic heterocycles. The Balaban J connectivity index is 0.00000144. The van der Waals surface area contributed by atoms with E-state index in [4.69, 9.17) is 10.5 Å². The molecule has 2 nitrogen and oxygen atoms in total. The molecule has 0 saturated heterocycles. The van der Waals surface area contributed by atoms with Gasteiger partial charge in [-0.3, -0.25) is 0 Å². The first-order valence-corrected chi connectivity index (χ1v) is 4.11. The zero-order valence-electron chi connectivity index (χ0n) is 7.99. The van der Waals surface area contributed by atoms with Crippen LogP contribution in [0, 0.1) is 0 Å². The van der Waals surface area contributed by atoms with Crippen LogP contribution >= 0.6 is 12.4 Å². The van der Waals surface area contributed by atoms with Gasteiger partial charge in [0.1, 0.15) is 5.75 Å². The molecule has 13 heavy (non-hydrogen) atoms. The molecule has 0 aliphatic carbocycles. The molecule has 0 saturated carbocycles. The molecule has 0 spiro atoms. The van der Waals surface area contributed by atoms with E-state index in [2.05, 4.69) is 6.07 Å². The molecule has 0 radical (unpaired) electrons. The summed E-state index contributed by atoms with van der Waals surface area (Å²) in [5.74, 6) is 0.896. The third kappa shape index (κ3) is 4.15. The normalized spacial score (nSPS) is 11.6. The maximum atomic E-state index is 5.68. The monoisotopic (exact) mass is 201 g/mol. The van der Waals surface area contributed by atoms with Gasteiger partial charge in [0.2, 0.25) is 0 Å². The lowest BCUT2D eigenvalue weighted by atomic mass is 10.1. The molecule has 1 aromatic rings. The summed E-state index contributed by atoms with van der Waals surface area (Å²) in [6.07, 6.45) is 0.900. The largest absolute Gasteiger partial charge is 0.497 e. The van der Waals surface area contributed by atoms with Crippen molar-refractivity contribution in [3.8, 4) is 5.75 Å². The van der Waals surface area contributed by atoms with E-state index >= 15 is 0 Å². The highest BCUT2D eigenvalue weighted by Gasteiger charge is 1.98. The van der Waals surface area contributed by atoms with Crippen LogP contribution in [0.1, 0.15) is 12.5 Å². The molecule has 0 heterocycles. The van der Waals surface area contributed by atoms with Crippen molar-refractivity contribution in [1.82, 2.24) is 0 Å². The van der Waals surface area contributed by atoms with Crippen molar-refractivity contribution < 1.29 is 4.74 Å². The highest BCUT2D eigenvalue weighted by Crippen LogP contribution is 2.13. The second kappa shape index (κ2) is 5.84.